The van der Waals surface area contributed by atoms with Crippen molar-refractivity contribution in [2.24, 2.45) is 5.10 Å². The van der Waals surface area contributed by atoms with Crippen molar-refractivity contribution < 1.29 is 0 Å². The predicted molar refractivity (Wildman–Crippen MR) is 87.8 cm³/mol. The van der Waals surface area contributed by atoms with E-state index in [2.05, 4.69) is 15.1 Å². The lowest BCUT2D eigenvalue weighted by molar-refractivity contribution is 0.699. The standard InChI is InChI=1S/C16H14N4OS/c21-16-14-12-6-1-2-7-13(12)22-15(14)18-10-20(16)19-9-11-5-3-4-8-17-11/h3-5,8-10H,1-2,6-7H2/b19-9+. The molecule has 0 saturated heterocycles. The van der Waals surface area contributed by atoms with Crippen molar-refractivity contribution in [3.05, 3.63) is 57.2 Å². The molecular formula is C16H14N4OS. The molecule has 22 heavy (non-hydrogen) atoms. The highest BCUT2D eigenvalue weighted by Crippen LogP contribution is 2.33. The Balaban J connectivity index is 1.81. The Labute approximate surface area is 131 Å². The van der Waals surface area contributed by atoms with E-state index >= 15 is 0 Å². The Morgan fingerprint density at radius 1 is 1.23 bits per heavy atom. The van der Waals surface area contributed by atoms with E-state index in [4.69, 9.17) is 0 Å². The van der Waals surface area contributed by atoms with Gasteiger partial charge in [0.05, 0.1) is 17.3 Å². The molecule has 0 aliphatic heterocycles. The van der Waals surface area contributed by atoms with Crippen molar-refractivity contribution in [1.29, 1.82) is 0 Å². The summed E-state index contributed by atoms with van der Waals surface area (Å²) in [6.45, 7) is 0. The van der Waals surface area contributed by atoms with Gasteiger partial charge < -0.3 is 0 Å². The molecule has 0 atom stereocenters. The second kappa shape index (κ2) is 5.46. The fourth-order valence-electron chi connectivity index (χ4n) is 2.79. The minimum absolute atomic E-state index is 0.0865. The van der Waals surface area contributed by atoms with E-state index in [1.165, 1.54) is 27.9 Å². The largest absolute Gasteiger partial charge is 0.282 e. The predicted octanol–water partition coefficient (Wildman–Crippen LogP) is 2.61. The van der Waals surface area contributed by atoms with E-state index in [9.17, 15) is 4.79 Å². The maximum atomic E-state index is 12.7. The van der Waals surface area contributed by atoms with Gasteiger partial charge in [0.15, 0.2) is 0 Å². The number of hydrogen-bond donors (Lipinski definition) is 0. The third kappa shape index (κ3) is 2.25. The van der Waals surface area contributed by atoms with E-state index in [1.807, 2.05) is 18.2 Å². The zero-order chi connectivity index (χ0) is 14.9. The fraction of sp³-hybridized carbons (Fsp3) is 0.250. The molecule has 1 aliphatic carbocycles. The van der Waals surface area contributed by atoms with Crippen LogP contribution in [0.3, 0.4) is 0 Å². The molecule has 0 fully saturated rings. The lowest BCUT2D eigenvalue weighted by atomic mass is 9.97. The van der Waals surface area contributed by atoms with Crippen LogP contribution in [0.2, 0.25) is 0 Å². The van der Waals surface area contributed by atoms with Gasteiger partial charge in [0, 0.05) is 11.1 Å². The van der Waals surface area contributed by atoms with Gasteiger partial charge in [-0.2, -0.15) is 9.78 Å². The number of pyridine rings is 1. The summed E-state index contributed by atoms with van der Waals surface area (Å²) in [5.41, 5.74) is 1.81. The molecule has 110 valence electrons. The number of aromatic nitrogens is 3. The third-order valence-corrected chi connectivity index (χ3v) is 5.06. The Morgan fingerprint density at radius 2 is 2.14 bits per heavy atom. The summed E-state index contributed by atoms with van der Waals surface area (Å²) in [7, 11) is 0. The molecule has 0 spiro atoms. The van der Waals surface area contributed by atoms with E-state index in [0.717, 1.165) is 29.5 Å². The average molecular weight is 310 g/mol. The van der Waals surface area contributed by atoms with Gasteiger partial charge in [-0.15, -0.1) is 11.3 Å². The Bertz CT molecular complexity index is 911. The summed E-state index contributed by atoms with van der Waals surface area (Å²) >= 11 is 1.65. The molecule has 4 rings (SSSR count). The van der Waals surface area contributed by atoms with Crippen molar-refractivity contribution in [3.8, 4) is 0 Å². The highest BCUT2D eigenvalue weighted by molar-refractivity contribution is 7.18. The summed E-state index contributed by atoms with van der Waals surface area (Å²) in [6, 6.07) is 5.57. The molecule has 3 aromatic rings. The Morgan fingerprint density at radius 3 is 3.00 bits per heavy atom. The first kappa shape index (κ1) is 13.3. The maximum Gasteiger partial charge on any atom is 0.282 e. The summed E-state index contributed by atoms with van der Waals surface area (Å²) in [5, 5.41) is 4.96. The van der Waals surface area contributed by atoms with Crippen LogP contribution in [0, 0.1) is 0 Å². The molecule has 0 saturated carbocycles. The van der Waals surface area contributed by atoms with Gasteiger partial charge in [-0.3, -0.25) is 9.78 Å². The molecule has 0 aromatic carbocycles. The van der Waals surface area contributed by atoms with Crippen LogP contribution in [0.4, 0.5) is 0 Å². The molecule has 1 aliphatic rings. The number of hydrogen-bond acceptors (Lipinski definition) is 5. The summed E-state index contributed by atoms with van der Waals surface area (Å²) in [5.74, 6) is 0. The van der Waals surface area contributed by atoms with E-state index in [1.54, 1.807) is 23.7 Å². The van der Waals surface area contributed by atoms with Crippen molar-refractivity contribution in [1.82, 2.24) is 14.6 Å². The molecule has 5 nitrogen and oxygen atoms in total. The van der Waals surface area contributed by atoms with Crippen molar-refractivity contribution >= 4 is 27.8 Å². The normalized spacial score (nSPS) is 14.5. The number of thiophene rings is 1. The van der Waals surface area contributed by atoms with Crippen LogP contribution in [0.15, 0.2) is 40.6 Å². The van der Waals surface area contributed by atoms with Crippen LogP contribution in [0.1, 0.15) is 29.0 Å². The maximum absolute atomic E-state index is 12.7. The highest BCUT2D eigenvalue weighted by atomic mass is 32.1. The molecule has 0 radical (unpaired) electrons. The van der Waals surface area contributed by atoms with Crippen LogP contribution in [-0.2, 0) is 12.8 Å². The zero-order valence-electron chi connectivity index (χ0n) is 11.9. The first-order chi connectivity index (χ1) is 10.8. The smallest absolute Gasteiger partial charge is 0.267 e. The second-order valence-electron chi connectivity index (χ2n) is 5.28. The lowest BCUT2D eigenvalue weighted by Crippen LogP contribution is -2.18. The van der Waals surface area contributed by atoms with Gasteiger partial charge >= 0.3 is 0 Å². The van der Waals surface area contributed by atoms with Crippen molar-refractivity contribution in [3.63, 3.8) is 0 Å². The number of nitrogens with zero attached hydrogens (tertiary/aromatic N) is 4. The molecule has 3 heterocycles. The molecule has 0 amide bonds. The number of fused-ring (bicyclic) bond motifs is 3. The van der Waals surface area contributed by atoms with E-state index in [-0.39, 0.29) is 5.56 Å². The molecular weight excluding hydrogens is 296 g/mol. The summed E-state index contributed by atoms with van der Waals surface area (Å²) in [6.07, 6.45) is 9.14. The fourth-order valence-corrected chi connectivity index (χ4v) is 4.01. The topological polar surface area (TPSA) is 60.1 Å². The Kier molecular flexibility index (Phi) is 3.31. The number of rotatable bonds is 2. The quantitative estimate of drug-likeness (QED) is 0.684. The monoisotopic (exact) mass is 310 g/mol. The molecule has 0 unspecified atom stereocenters. The van der Waals surface area contributed by atoms with Crippen LogP contribution < -0.4 is 5.56 Å². The molecule has 0 bridgehead atoms. The summed E-state index contributed by atoms with van der Waals surface area (Å²) in [4.78, 5) is 23.4. The zero-order valence-corrected chi connectivity index (χ0v) is 12.7. The van der Waals surface area contributed by atoms with Crippen molar-refractivity contribution in [2.45, 2.75) is 25.7 Å². The molecule has 6 heteroatoms. The van der Waals surface area contributed by atoms with Gasteiger partial charge in [0.25, 0.3) is 5.56 Å². The molecule has 0 N–H and O–H groups in total. The minimum Gasteiger partial charge on any atom is -0.267 e. The number of aryl methyl sites for hydroxylation is 2. The first-order valence-electron chi connectivity index (χ1n) is 7.30. The lowest BCUT2D eigenvalue weighted by Gasteiger charge is -2.09. The van der Waals surface area contributed by atoms with Gasteiger partial charge in [0.1, 0.15) is 11.2 Å². The van der Waals surface area contributed by atoms with Crippen LogP contribution in [0.25, 0.3) is 10.2 Å². The molecule has 3 aromatic heterocycles. The van der Waals surface area contributed by atoms with E-state index in [0.29, 0.717) is 5.69 Å². The van der Waals surface area contributed by atoms with Gasteiger partial charge in [0.2, 0.25) is 0 Å². The van der Waals surface area contributed by atoms with Gasteiger partial charge in [-0.05, 0) is 43.4 Å². The first-order valence-corrected chi connectivity index (χ1v) is 8.12. The van der Waals surface area contributed by atoms with E-state index < -0.39 is 0 Å². The van der Waals surface area contributed by atoms with Crippen molar-refractivity contribution in [2.75, 3.05) is 0 Å². The highest BCUT2D eigenvalue weighted by Gasteiger charge is 2.19. The third-order valence-electron chi connectivity index (χ3n) is 3.86. The average Bonchev–Trinajstić information content (AvgIpc) is 2.94. The van der Waals surface area contributed by atoms with Gasteiger partial charge in [-0.1, -0.05) is 6.07 Å². The van der Waals surface area contributed by atoms with Crippen LogP contribution >= 0.6 is 11.3 Å². The Hall–Kier alpha value is -2.34. The SMILES string of the molecule is O=c1c2c3c(sc2ncn1/N=C/c1ccccn1)CCCC3. The van der Waals surface area contributed by atoms with Crippen LogP contribution in [-0.4, -0.2) is 20.9 Å². The second-order valence-corrected chi connectivity index (χ2v) is 6.37. The van der Waals surface area contributed by atoms with Crippen LogP contribution in [0.5, 0.6) is 0 Å². The summed E-state index contributed by atoms with van der Waals surface area (Å²) < 4.78 is 1.30. The van der Waals surface area contributed by atoms with Gasteiger partial charge in [-0.25, -0.2) is 4.98 Å². The minimum atomic E-state index is -0.0865.